The molecule has 0 bridgehead atoms. The van der Waals surface area contributed by atoms with Gasteiger partial charge in [0.05, 0.1) is 25.2 Å². The summed E-state index contributed by atoms with van der Waals surface area (Å²) in [5.41, 5.74) is 7.52. The molecule has 9 nitrogen and oxygen atoms in total. The third kappa shape index (κ3) is 3.33. The molecule has 0 aliphatic rings. The monoisotopic (exact) mass is 355 g/mol. The van der Waals surface area contributed by atoms with Crippen LogP contribution in [0.4, 0.5) is 5.69 Å². The Hall–Kier alpha value is -3.46. The highest BCUT2D eigenvalue weighted by molar-refractivity contribution is 5.59. The molecule has 0 radical (unpaired) electrons. The largest absolute Gasteiger partial charge is 0.493 e. The number of nitrogens with two attached hydrogens (primary N) is 1. The van der Waals surface area contributed by atoms with E-state index in [2.05, 4.69) is 15.2 Å². The van der Waals surface area contributed by atoms with E-state index < -0.39 is 11.0 Å². The van der Waals surface area contributed by atoms with Crippen molar-refractivity contribution in [3.63, 3.8) is 0 Å². The second-order valence-electron chi connectivity index (χ2n) is 5.44. The van der Waals surface area contributed by atoms with E-state index >= 15 is 0 Å². The van der Waals surface area contributed by atoms with Gasteiger partial charge in [-0.3, -0.25) is 15.2 Å². The fourth-order valence-corrected chi connectivity index (χ4v) is 2.51. The number of aromatic amines is 1. The fourth-order valence-electron chi connectivity index (χ4n) is 2.51. The number of nitrogens with one attached hydrogen (secondary N) is 1. The molecule has 0 aliphatic carbocycles. The first-order valence-corrected chi connectivity index (χ1v) is 7.68. The van der Waals surface area contributed by atoms with Crippen LogP contribution in [0.1, 0.15) is 17.4 Å². The van der Waals surface area contributed by atoms with E-state index in [1.807, 2.05) is 6.07 Å². The number of nitro groups is 1. The van der Waals surface area contributed by atoms with Gasteiger partial charge in [-0.25, -0.2) is 4.98 Å². The molecule has 0 saturated carbocycles. The van der Waals surface area contributed by atoms with Crippen molar-refractivity contribution in [3.05, 3.63) is 64.0 Å². The van der Waals surface area contributed by atoms with Crippen LogP contribution in [-0.4, -0.2) is 34.3 Å². The lowest BCUT2D eigenvalue weighted by molar-refractivity contribution is -0.384. The van der Waals surface area contributed by atoms with Gasteiger partial charge in [-0.05, 0) is 17.7 Å². The minimum Gasteiger partial charge on any atom is -0.493 e. The first-order valence-electron chi connectivity index (χ1n) is 7.68. The lowest BCUT2D eigenvalue weighted by Gasteiger charge is -2.13. The van der Waals surface area contributed by atoms with Crippen LogP contribution < -0.4 is 15.2 Å². The molecular weight excluding hydrogens is 338 g/mol. The third-order valence-electron chi connectivity index (χ3n) is 3.88. The van der Waals surface area contributed by atoms with Crippen LogP contribution in [0.25, 0.3) is 11.4 Å². The number of hydrogen-bond donors (Lipinski definition) is 2. The summed E-state index contributed by atoms with van der Waals surface area (Å²) in [5, 5.41) is 17.8. The van der Waals surface area contributed by atoms with Crippen molar-refractivity contribution in [2.45, 2.75) is 6.04 Å². The predicted molar refractivity (Wildman–Crippen MR) is 94.0 cm³/mol. The number of non-ortho nitro benzene ring substituents is 1. The van der Waals surface area contributed by atoms with Gasteiger partial charge in [-0.1, -0.05) is 18.2 Å². The molecule has 1 unspecified atom stereocenters. The van der Waals surface area contributed by atoms with Crippen molar-refractivity contribution < 1.29 is 14.4 Å². The first-order chi connectivity index (χ1) is 12.5. The molecule has 1 heterocycles. The molecule has 0 saturated heterocycles. The molecule has 3 aromatic rings. The van der Waals surface area contributed by atoms with Crippen LogP contribution in [-0.2, 0) is 0 Å². The Labute approximate surface area is 148 Å². The Morgan fingerprint density at radius 1 is 1.15 bits per heavy atom. The molecule has 1 aromatic heterocycles. The molecule has 2 aromatic carbocycles. The summed E-state index contributed by atoms with van der Waals surface area (Å²) < 4.78 is 10.5. The maximum atomic E-state index is 10.9. The van der Waals surface area contributed by atoms with E-state index in [1.54, 1.807) is 38.5 Å². The van der Waals surface area contributed by atoms with Gasteiger partial charge >= 0.3 is 0 Å². The smallest absolute Gasteiger partial charge is 0.270 e. The average Bonchev–Trinajstić information content (AvgIpc) is 3.17. The summed E-state index contributed by atoms with van der Waals surface area (Å²) >= 11 is 0. The van der Waals surface area contributed by atoms with Crippen molar-refractivity contribution in [1.29, 1.82) is 0 Å². The first kappa shape index (κ1) is 17.4. The lowest BCUT2D eigenvalue weighted by Crippen LogP contribution is -2.14. The van der Waals surface area contributed by atoms with Crippen LogP contribution in [0.15, 0.2) is 42.5 Å². The predicted octanol–water partition coefficient (Wildman–Crippen LogP) is 2.45. The fraction of sp³-hybridized carbons (Fsp3) is 0.176. The van der Waals surface area contributed by atoms with Crippen molar-refractivity contribution in [1.82, 2.24) is 15.2 Å². The maximum Gasteiger partial charge on any atom is 0.270 e. The minimum atomic E-state index is -0.574. The molecule has 3 N–H and O–H groups in total. The number of nitrogens with zero attached hydrogens (tertiary/aromatic N) is 3. The van der Waals surface area contributed by atoms with Gasteiger partial charge in [0.1, 0.15) is 5.82 Å². The number of benzene rings is 2. The van der Waals surface area contributed by atoms with E-state index in [0.717, 1.165) is 5.56 Å². The molecule has 0 amide bonds. The Morgan fingerprint density at radius 2 is 1.92 bits per heavy atom. The minimum absolute atomic E-state index is 0.0296. The topological polar surface area (TPSA) is 129 Å². The number of methoxy groups -OCH3 is 2. The lowest BCUT2D eigenvalue weighted by atomic mass is 10.1. The van der Waals surface area contributed by atoms with Gasteiger partial charge in [0, 0.05) is 17.7 Å². The number of nitro benzene ring substituents is 1. The van der Waals surface area contributed by atoms with Gasteiger partial charge in [-0.2, -0.15) is 5.10 Å². The van der Waals surface area contributed by atoms with Crippen LogP contribution in [0.3, 0.4) is 0 Å². The maximum absolute atomic E-state index is 10.9. The number of aromatic nitrogens is 3. The van der Waals surface area contributed by atoms with Crippen LogP contribution in [0, 0.1) is 10.1 Å². The van der Waals surface area contributed by atoms with Gasteiger partial charge in [-0.15, -0.1) is 0 Å². The van der Waals surface area contributed by atoms with E-state index in [9.17, 15) is 10.1 Å². The number of hydrogen-bond acceptors (Lipinski definition) is 7. The van der Waals surface area contributed by atoms with Crippen molar-refractivity contribution >= 4 is 5.69 Å². The zero-order valence-corrected chi connectivity index (χ0v) is 14.2. The Kier molecular flexibility index (Phi) is 4.81. The van der Waals surface area contributed by atoms with Gasteiger partial charge < -0.3 is 15.2 Å². The van der Waals surface area contributed by atoms with Crippen molar-refractivity contribution in [3.8, 4) is 22.9 Å². The summed E-state index contributed by atoms with van der Waals surface area (Å²) in [6.45, 7) is 0. The molecule has 9 heteroatoms. The molecule has 3 rings (SSSR count). The summed E-state index contributed by atoms with van der Waals surface area (Å²) in [7, 11) is 3.10. The molecule has 26 heavy (non-hydrogen) atoms. The second-order valence-corrected chi connectivity index (χ2v) is 5.44. The quantitative estimate of drug-likeness (QED) is 0.513. The third-order valence-corrected chi connectivity index (χ3v) is 3.88. The number of rotatable bonds is 6. The summed E-state index contributed by atoms with van der Waals surface area (Å²) in [5.74, 6) is 1.91. The van der Waals surface area contributed by atoms with Gasteiger partial charge in [0.2, 0.25) is 0 Å². The molecule has 0 aliphatic heterocycles. The summed E-state index contributed by atoms with van der Waals surface area (Å²) in [6.07, 6.45) is 0. The van der Waals surface area contributed by atoms with E-state index in [4.69, 9.17) is 15.2 Å². The van der Waals surface area contributed by atoms with Crippen LogP contribution in [0.5, 0.6) is 11.5 Å². The normalized spacial score (nSPS) is 11.8. The van der Waals surface area contributed by atoms with E-state index in [1.165, 1.54) is 12.1 Å². The highest BCUT2D eigenvalue weighted by Crippen LogP contribution is 2.31. The van der Waals surface area contributed by atoms with E-state index in [0.29, 0.717) is 28.7 Å². The number of ether oxygens (including phenoxy) is 2. The SMILES string of the molecule is COc1ccc(C(N)c2nc(-c3cccc([N+](=O)[O-])c3)n[nH]2)cc1OC. The molecule has 0 fully saturated rings. The molecule has 0 spiro atoms. The van der Waals surface area contributed by atoms with E-state index in [-0.39, 0.29) is 5.69 Å². The van der Waals surface area contributed by atoms with Gasteiger partial charge in [0.25, 0.3) is 5.69 Å². The summed E-state index contributed by atoms with van der Waals surface area (Å²) in [6, 6.07) is 10.8. The average molecular weight is 355 g/mol. The second kappa shape index (κ2) is 7.19. The van der Waals surface area contributed by atoms with Gasteiger partial charge in [0.15, 0.2) is 17.3 Å². The Balaban J connectivity index is 1.90. The molecular formula is C17H17N5O4. The zero-order chi connectivity index (χ0) is 18.7. The molecule has 1 atom stereocenters. The zero-order valence-electron chi connectivity index (χ0n) is 14.2. The van der Waals surface area contributed by atoms with Crippen LogP contribution >= 0.6 is 0 Å². The highest BCUT2D eigenvalue weighted by atomic mass is 16.6. The summed E-state index contributed by atoms with van der Waals surface area (Å²) in [4.78, 5) is 14.8. The molecule has 134 valence electrons. The standard InChI is InChI=1S/C17H17N5O4/c1-25-13-7-6-10(9-14(13)26-2)15(18)17-19-16(20-21-17)11-4-3-5-12(8-11)22(23)24/h3-9,15H,18H2,1-2H3,(H,19,20,21). The number of H-pyrrole nitrogens is 1. The van der Waals surface area contributed by atoms with Crippen molar-refractivity contribution in [2.24, 2.45) is 5.73 Å². The van der Waals surface area contributed by atoms with Crippen molar-refractivity contribution in [2.75, 3.05) is 14.2 Å². The Morgan fingerprint density at radius 3 is 2.62 bits per heavy atom. The van der Waals surface area contributed by atoms with Crippen LogP contribution in [0.2, 0.25) is 0 Å². The Bertz CT molecular complexity index is 940. The highest BCUT2D eigenvalue weighted by Gasteiger charge is 2.18.